The molecule has 0 unspecified atom stereocenters. The van der Waals surface area contributed by atoms with Crippen molar-refractivity contribution in [2.24, 2.45) is 7.05 Å². The van der Waals surface area contributed by atoms with Crippen molar-refractivity contribution in [3.8, 4) is 0 Å². The number of aryl methyl sites for hydroxylation is 2. The van der Waals surface area contributed by atoms with Crippen LogP contribution in [0.25, 0.3) is 0 Å². The van der Waals surface area contributed by atoms with E-state index in [1.54, 1.807) is 4.90 Å². The van der Waals surface area contributed by atoms with E-state index in [0.29, 0.717) is 19.7 Å². The molecule has 1 saturated heterocycles. The van der Waals surface area contributed by atoms with Gasteiger partial charge in [0.1, 0.15) is 6.61 Å². The van der Waals surface area contributed by atoms with Gasteiger partial charge in [0.2, 0.25) is 0 Å². The maximum absolute atomic E-state index is 11.6. The maximum atomic E-state index is 11.6. The van der Waals surface area contributed by atoms with Crippen LogP contribution in [0, 0.1) is 6.92 Å². The lowest BCUT2D eigenvalue weighted by atomic mass is 10.2. The predicted octanol–water partition coefficient (Wildman–Crippen LogP) is 2.30. The van der Waals surface area contributed by atoms with Crippen LogP contribution in [0.15, 0.2) is 30.5 Å². The van der Waals surface area contributed by atoms with E-state index in [1.165, 1.54) is 0 Å². The first-order valence-electron chi connectivity index (χ1n) is 6.91. The molecule has 1 amide bonds. The van der Waals surface area contributed by atoms with Crippen molar-refractivity contribution in [1.29, 1.82) is 0 Å². The third kappa shape index (κ3) is 2.84. The summed E-state index contributed by atoms with van der Waals surface area (Å²) in [5.74, 6) is 0. The number of anilines is 2. The highest BCUT2D eigenvalue weighted by Gasteiger charge is 2.23. The molecule has 6 nitrogen and oxygen atoms in total. The van der Waals surface area contributed by atoms with Gasteiger partial charge >= 0.3 is 6.09 Å². The minimum Gasteiger partial charge on any atom is -0.447 e. The van der Waals surface area contributed by atoms with Crippen molar-refractivity contribution in [1.82, 2.24) is 9.78 Å². The van der Waals surface area contributed by atoms with Crippen molar-refractivity contribution < 1.29 is 9.53 Å². The van der Waals surface area contributed by atoms with Gasteiger partial charge in [-0.25, -0.2) is 4.79 Å². The molecule has 1 fully saturated rings. The minimum absolute atomic E-state index is 0.282. The zero-order chi connectivity index (χ0) is 14.8. The molecule has 1 aliphatic heterocycles. The number of benzene rings is 1. The normalized spacial score (nSPS) is 14.4. The third-order valence-electron chi connectivity index (χ3n) is 3.52. The van der Waals surface area contributed by atoms with Crippen LogP contribution in [-0.4, -0.2) is 29.0 Å². The molecule has 110 valence electrons. The van der Waals surface area contributed by atoms with Crippen LogP contribution >= 0.6 is 0 Å². The lowest BCUT2D eigenvalue weighted by molar-refractivity contribution is 0.181. The summed E-state index contributed by atoms with van der Waals surface area (Å²) in [6.45, 7) is 3.75. The molecule has 1 N–H and O–H groups in total. The van der Waals surface area contributed by atoms with E-state index in [9.17, 15) is 4.79 Å². The molecule has 2 aromatic rings. The van der Waals surface area contributed by atoms with Gasteiger partial charge < -0.3 is 10.1 Å². The molecule has 1 aliphatic rings. The summed E-state index contributed by atoms with van der Waals surface area (Å²) in [7, 11) is 1.91. The molecule has 0 aliphatic carbocycles. The first-order chi connectivity index (χ1) is 10.1. The van der Waals surface area contributed by atoms with Crippen LogP contribution < -0.4 is 10.2 Å². The van der Waals surface area contributed by atoms with Gasteiger partial charge in [0.25, 0.3) is 0 Å². The number of amides is 1. The van der Waals surface area contributed by atoms with Crippen molar-refractivity contribution in [2.45, 2.75) is 13.5 Å². The number of carbonyl (C=O) groups is 1. The first-order valence-corrected chi connectivity index (χ1v) is 6.91. The predicted molar refractivity (Wildman–Crippen MR) is 80.4 cm³/mol. The monoisotopic (exact) mass is 286 g/mol. The molecule has 21 heavy (non-hydrogen) atoms. The van der Waals surface area contributed by atoms with Crippen molar-refractivity contribution >= 4 is 17.5 Å². The quantitative estimate of drug-likeness (QED) is 0.937. The molecule has 0 saturated carbocycles. The molecule has 2 heterocycles. The Balaban J connectivity index is 1.71. The average molecular weight is 286 g/mol. The van der Waals surface area contributed by atoms with Crippen LogP contribution in [0.2, 0.25) is 0 Å². The van der Waals surface area contributed by atoms with Crippen molar-refractivity contribution in [2.75, 3.05) is 23.4 Å². The topological polar surface area (TPSA) is 59.4 Å². The lowest BCUT2D eigenvalue weighted by Crippen LogP contribution is -2.23. The number of nitrogens with zero attached hydrogens (tertiary/aromatic N) is 3. The van der Waals surface area contributed by atoms with Crippen LogP contribution in [0.5, 0.6) is 0 Å². The van der Waals surface area contributed by atoms with Gasteiger partial charge in [0.15, 0.2) is 0 Å². The van der Waals surface area contributed by atoms with Gasteiger partial charge in [-0.3, -0.25) is 9.58 Å². The highest BCUT2D eigenvalue weighted by atomic mass is 16.6. The van der Waals surface area contributed by atoms with E-state index < -0.39 is 0 Å². The molecular weight excluding hydrogens is 268 g/mol. The zero-order valence-electron chi connectivity index (χ0n) is 12.2. The van der Waals surface area contributed by atoms with E-state index in [0.717, 1.165) is 22.6 Å². The fourth-order valence-electron chi connectivity index (χ4n) is 2.43. The molecule has 0 bridgehead atoms. The van der Waals surface area contributed by atoms with Crippen molar-refractivity contribution in [3.05, 3.63) is 41.7 Å². The molecule has 1 aromatic carbocycles. The Kier molecular flexibility index (Phi) is 3.51. The summed E-state index contributed by atoms with van der Waals surface area (Å²) in [5.41, 5.74) is 3.99. The number of cyclic esters (lactones) is 1. The second kappa shape index (κ2) is 5.47. The molecule has 3 rings (SSSR count). The number of ether oxygens (including phenoxy) is 1. The Hall–Kier alpha value is -2.50. The fourth-order valence-corrected chi connectivity index (χ4v) is 2.43. The van der Waals surface area contributed by atoms with E-state index in [-0.39, 0.29) is 6.09 Å². The maximum Gasteiger partial charge on any atom is 0.414 e. The Labute approximate surface area is 123 Å². The van der Waals surface area contributed by atoms with Crippen LogP contribution in [0.4, 0.5) is 16.2 Å². The second-order valence-electron chi connectivity index (χ2n) is 5.08. The summed E-state index contributed by atoms with van der Waals surface area (Å²) in [6, 6.07) is 7.78. The second-order valence-corrected chi connectivity index (χ2v) is 5.08. The molecule has 0 atom stereocenters. The third-order valence-corrected chi connectivity index (χ3v) is 3.52. The summed E-state index contributed by atoms with van der Waals surface area (Å²) < 4.78 is 6.77. The Morgan fingerprint density at radius 2 is 2.29 bits per heavy atom. The number of hydrogen-bond acceptors (Lipinski definition) is 4. The summed E-state index contributed by atoms with van der Waals surface area (Å²) in [5, 5.41) is 7.68. The zero-order valence-corrected chi connectivity index (χ0v) is 12.2. The smallest absolute Gasteiger partial charge is 0.414 e. The Morgan fingerprint density at radius 3 is 2.95 bits per heavy atom. The first kappa shape index (κ1) is 13.5. The summed E-state index contributed by atoms with van der Waals surface area (Å²) in [4.78, 5) is 13.2. The molecule has 0 spiro atoms. The van der Waals surface area contributed by atoms with Crippen molar-refractivity contribution in [3.63, 3.8) is 0 Å². The number of carbonyl (C=O) groups excluding carboxylic acids is 1. The molecule has 0 radical (unpaired) electrons. The SMILES string of the molecule is Cc1nn(C)cc1CNc1cccc(N2CCOC2=O)c1. The van der Waals surface area contributed by atoms with Gasteiger partial charge in [0.05, 0.1) is 12.2 Å². The minimum atomic E-state index is -0.282. The number of rotatable bonds is 4. The van der Waals surface area contributed by atoms with Gasteiger partial charge in [-0.1, -0.05) is 6.07 Å². The van der Waals surface area contributed by atoms with E-state index in [2.05, 4.69) is 10.4 Å². The summed E-state index contributed by atoms with van der Waals surface area (Å²) >= 11 is 0. The summed E-state index contributed by atoms with van der Waals surface area (Å²) in [6.07, 6.45) is 1.72. The van der Waals surface area contributed by atoms with E-state index in [4.69, 9.17) is 4.74 Å². The number of nitrogens with one attached hydrogen (secondary N) is 1. The number of hydrogen-bond donors (Lipinski definition) is 1. The molecule has 1 aromatic heterocycles. The Morgan fingerprint density at radius 1 is 1.43 bits per heavy atom. The average Bonchev–Trinajstić information content (AvgIpc) is 3.02. The van der Waals surface area contributed by atoms with Crippen LogP contribution in [0.1, 0.15) is 11.3 Å². The van der Waals surface area contributed by atoms with E-state index in [1.807, 2.05) is 49.1 Å². The van der Waals surface area contributed by atoms with Gasteiger partial charge in [-0.05, 0) is 25.1 Å². The van der Waals surface area contributed by atoms with Gasteiger partial charge in [-0.2, -0.15) is 5.10 Å². The van der Waals surface area contributed by atoms with Crippen LogP contribution in [-0.2, 0) is 18.3 Å². The fraction of sp³-hybridized carbons (Fsp3) is 0.333. The Bertz CT molecular complexity index is 665. The van der Waals surface area contributed by atoms with Gasteiger partial charge in [0, 0.05) is 36.7 Å². The van der Waals surface area contributed by atoms with E-state index >= 15 is 0 Å². The lowest BCUT2D eigenvalue weighted by Gasteiger charge is -2.14. The molecule has 6 heteroatoms. The standard InChI is InChI=1S/C15H18N4O2/c1-11-12(10-18(2)17-11)9-16-13-4-3-5-14(8-13)19-6-7-21-15(19)20/h3-5,8,10,16H,6-7,9H2,1-2H3. The van der Waals surface area contributed by atoms with Crippen LogP contribution in [0.3, 0.4) is 0 Å². The molecular formula is C15H18N4O2. The van der Waals surface area contributed by atoms with Gasteiger partial charge in [-0.15, -0.1) is 0 Å². The number of aromatic nitrogens is 2. The highest BCUT2D eigenvalue weighted by Crippen LogP contribution is 2.22. The largest absolute Gasteiger partial charge is 0.447 e. The highest BCUT2D eigenvalue weighted by molar-refractivity contribution is 5.89.